The number of benzene rings is 1. The molecule has 1 aliphatic heterocycles. The van der Waals surface area contributed by atoms with Gasteiger partial charge in [-0.1, -0.05) is 18.2 Å². The van der Waals surface area contributed by atoms with E-state index in [4.69, 9.17) is 11.5 Å². The van der Waals surface area contributed by atoms with Crippen LogP contribution in [0.3, 0.4) is 0 Å². The Labute approximate surface area is 307 Å². The zero-order valence-corrected chi connectivity index (χ0v) is 30.5. The van der Waals surface area contributed by atoms with Crippen molar-refractivity contribution >= 4 is 84.2 Å². The number of carbonyl (C=O) groups excluding carboxylic acids is 6. The SMILES string of the molecule is NCCCC[C@@H]1NC(=O)[C@H](CS)NC(=O)[C@H](Cc2c[nH]c3ccccc23)NC(=O)[C@H](CS)NC(=O)[C@H](CCCCN)NC(=O)[C@H](CS)NC1=O. The van der Waals surface area contributed by atoms with E-state index in [1.807, 2.05) is 24.3 Å². The number of fused-ring (bicyclic) bond motifs is 1. The summed E-state index contributed by atoms with van der Waals surface area (Å²) >= 11 is 12.8. The van der Waals surface area contributed by atoms with Gasteiger partial charge < -0.3 is 48.4 Å². The van der Waals surface area contributed by atoms with Gasteiger partial charge in [-0.2, -0.15) is 37.9 Å². The van der Waals surface area contributed by atoms with Crippen LogP contribution in [-0.4, -0.2) is 107 Å². The monoisotopic (exact) mass is 751 g/mol. The third kappa shape index (κ3) is 11.8. The third-order valence-corrected chi connectivity index (χ3v) is 9.43. The summed E-state index contributed by atoms with van der Waals surface area (Å²) in [5.41, 5.74) is 12.9. The van der Waals surface area contributed by atoms with Gasteiger partial charge in [0.2, 0.25) is 35.4 Å². The fourth-order valence-corrected chi connectivity index (χ4v) is 6.24. The van der Waals surface area contributed by atoms with Gasteiger partial charge >= 0.3 is 0 Å². The molecule has 6 atom stereocenters. The van der Waals surface area contributed by atoms with Crippen LogP contribution >= 0.6 is 37.9 Å². The number of hydrogen-bond donors (Lipinski definition) is 12. The Kier molecular flexibility index (Phi) is 17.2. The van der Waals surface area contributed by atoms with E-state index in [0.717, 1.165) is 16.5 Å². The fraction of sp³-hybridized carbons (Fsp3) is 0.562. The number of hydrogen-bond acceptors (Lipinski definition) is 11. The molecule has 0 radical (unpaired) electrons. The average Bonchev–Trinajstić information content (AvgIpc) is 3.52. The minimum absolute atomic E-state index is 0.0305. The van der Waals surface area contributed by atoms with Crippen LogP contribution in [0.25, 0.3) is 10.9 Å². The summed E-state index contributed by atoms with van der Waals surface area (Å²) < 4.78 is 0. The van der Waals surface area contributed by atoms with Crippen LogP contribution in [0.2, 0.25) is 0 Å². The van der Waals surface area contributed by atoms with Crippen LogP contribution < -0.4 is 43.4 Å². The van der Waals surface area contributed by atoms with E-state index in [9.17, 15) is 28.8 Å². The first-order valence-electron chi connectivity index (χ1n) is 16.7. The van der Waals surface area contributed by atoms with Crippen LogP contribution in [0.4, 0.5) is 0 Å². The van der Waals surface area contributed by atoms with Gasteiger partial charge in [0.05, 0.1) is 0 Å². The Morgan fingerprint density at radius 1 is 0.520 bits per heavy atom. The molecule has 1 fully saturated rings. The molecule has 3 rings (SSSR count). The Morgan fingerprint density at radius 3 is 1.34 bits per heavy atom. The van der Waals surface area contributed by atoms with Gasteiger partial charge in [0.25, 0.3) is 0 Å². The zero-order chi connectivity index (χ0) is 36.6. The smallest absolute Gasteiger partial charge is 0.244 e. The second kappa shape index (κ2) is 21.0. The second-order valence-electron chi connectivity index (χ2n) is 12.0. The van der Waals surface area contributed by atoms with Crippen LogP contribution in [0.15, 0.2) is 30.5 Å². The largest absolute Gasteiger partial charge is 0.361 e. The summed E-state index contributed by atoms with van der Waals surface area (Å²) in [6.07, 6.45) is 4.26. The van der Waals surface area contributed by atoms with Gasteiger partial charge in [0, 0.05) is 40.8 Å². The van der Waals surface area contributed by atoms with E-state index in [1.54, 1.807) is 6.20 Å². The van der Waals surface area contributed by atoms with Crippen molar-refractivity contribution < 1.29 is 28.8 Å². The maximum Gasteiger partial charge on any atom is 0.244 e. The summed E-state index contributed by atoms with van der Waals surface area (Å²) in [4.78, 5) is 84.6. The number of unbranched alkanes of at least 4 members (excludes halogenated alkanes) is 2. The van der Waals surface area contributed by atoms with E-state index in [-0.39, 0.29) is 36.5 Å². The number of aromatic nitrogens is 1. The molecular weight excluding hydrogens is 703 g/mol. The van der Waals surface area contributed by atoms with Gasteiger partial charge in [0.15, 0.2) is 0 Å². The maximum atomic E-state index is 13.8. The number of amides is 6. The number of para-hydroxylation sites is 1. The molecule has 2 aromatic rings. The van der Waals surface area contributed by atoms with E-state index >= 15 is 0 Å². The van der Waals surface area contributed by atoms with E-state index < -0.39 is 71.7 Å². The highest BCUT2D eigenvalue weighted by Gasteiger charge is 2.34. The lowest BCUT2D eigenvalue weighted by atomic mass is 10.0. The van der Waals surface area contributed by atoms with Crippen LogP contribution in [0, 0.1) is 0 Å². The van der Waals surface area contributed by atoms with Crippen LogP contribution in [0.5, 0.6) is 0 Å². The van der Waals surface area contributed by atoms with Crippen molar-refractivity contribution in [2.45, 2.75) is 81.2 Å². The first-order valence-corrected chi connectivity index (χ1v) is 18.6. The minimum atomic E-state index is -1.20. The Bertz CT molecular complexity index is 1470. The predicted octanol–water partition coefficient (Wildman–Crippen LogP) is -1.32. The zero-order valence-electron chi connectivity index (χ0n) is 27.8. The maximum absolute atomic E-state index is 13.8. The van der Waals surface area contributed by atoms with Gasteiger partial charge in [-0.15, -0.1) is 0 Å². The number of carbonyl (C=O) groups is 6. The highest BCUT2D eigenvalue weighted by molar-refractivity contribution is 7.80. The number of H-pyrrole nitrogens is 1. The lowest BCUT2D eigenvalue weighted by molar-refractivity contribution is -0.136. The molecular formula is C32H49N9O6S3. The molecule has 0 aliphatic carbocycles. The molecule has 11 N–H and O–H groups in total. The lowest BCUT2D eigenvalue weighted by Gasteiger charge is -2.28. The Balaban J connectivity index is 2.02. The molecule has 1 aromatic carbocycles. The molecule has 2 heterocycles. The molecule has 0 saturated carbocycles. The molecule has 15 nitrogen and oxygen atoms in total. The fourth-order valence-electron chi connectivity index (χ4n) is 5.47. The molecule has 0 bridgehead atoms. The number of thiol groups is 3. The third-order valence-electron chi connectivity index (χ3n) is 8.34. The van der Waals surface area contributed by atoms with E-state index in [0.29, 0.717) is 38.8 Å². The highest BCUT2D eigenvalue weighted by Crippen LogP contribution is 2.19. The summed E-state index contributed by atoms with van der Waals surface area (Å²) in [5.74, 6) is -4.45. The highest BCUT2D eigenvalue weighted by atomic mass is 32.1. The molecule has 0 spiro atoms. The van der Waals surface area contributed by atoms with Crippen molar-refractivity contribution in [2.24, 2.45) is 11.5 Å². The van der Waals surface area contributed by atoms with Crippen molar-refractivity contribution in [3.8, 4) is 0 Å². The average molecular weight is 752 g/mol. The summed E-state index contributed by atoms with van der Waals surface area (Å²) in [5, 5.41) is 16.8. The van der Waals surface area contributed by atoms with Crippen molar-refractivity contribution in [1.82, 2.24) is 36.9 Å². The standard InChI is InChI=1S/C32H49N9O6S3/c33-11-5-3-9-21-27(42)39-24(15-48)30(45)36-22(10-4-6-12-34)28(43)40-26(17-50)32(47)38-23(29(44)41-25(16-49)31(46)37-21)13-18-14-35-20-8-2-1-7-19(18)20/h1-2,7-8,14,21-26,35,48-50H,3-6,9-13,15-17,33-34H2,(H,36,45)(H,37,46)(H,38,47)(H,39,42)(H,40,43)(H,41,44)/t21-,22-,23-,24-,25-,26-/m0/s1. The summed E-state index contributed by atoms with van der Waals surface area (Å²) in [6, 6.07) is 0.493. The number of aromatic amines is 1. The lowest BCUT2D eigenvalue weighted by Crippen LogP contribution is -2.62. The topological polar surface area (TPSA) is 242 Å². The van der Waals surface area contributed by atoms with Crippen molar-refractivity contribution in [3.05, 3.63) is 36.0 Å². The van der Waals surface area contributed by atoms with Gasteiger partial charge in [-0.05, 0) is 63.2 Å². The van der Waals surface area contributed by atoms with Crippen molar-refractivity contribution in [3.63, 3.8) is 0 Å². The Morgan fingerprint density at radius 2 is 0.900 bits per heavy atom. The summed E-state index contributed by atoms with van der Waals surface area (Å²) in [6.45, 7) is 0.731. The van der Waals surface area contributed by atoms with Crippen LogP contribution in [0.1, 0.15) is 44.1 Å². The quantitative estimate of drug-likeness (QED) is 0.0864. The van der Waals surface area contributed by atoms with Crippen molar-refractivity contribution in [2.75, 3.05) is 30.3 Å². The van der Waals surface area contributed by atoms with Gasteiger partial charge in [-0.25, -0.2) is 0 Å². The molecule has 1 aliphatic rings. The predicted molar refractivity (Wildman–Crippen MR) is 201 cm³/mol. The molecule has 6 amide bonds. The van der Waals surface area contributed by atoms with Crippen LogP contribution in [-0.2, 0) is 35.2 Å². The minimum Gasteiger partial charge on any atom is -0.361 e. The molecule has 1 aromatic heterocycles. The number of rotatable bonds is 13. The molecule has 0 unspecified atom stereocenters. The van der Waals surface area contributed by atoms with Gasteiger partial charge in [-0.3, -0.25) is 28.8 Å². The number of nitrogens with two attached hydrogens (primary N) is 2. The molecule has 1 saturated heterocycles. The second-order valence-corrected chi connectivity index (χ2v) is 13.1. The van der Waals surface area contributed by atoms with E-state index in [2.05, 4.69) is 74.8 Å². The van der Waals surface area contributed by atoms with E-state index in [1.165, 1.54) is 0 Å². The normalized spacial score (nSPS) is 24.7. The first-order chi connectivity index (χ1) is 24.1. The molecule has 276 valence electrons. The van der Waals surface area contributed by atoms with Gasteiger partial charge in [0.1, 0.15) is 36.3 Å². The first kappa shape index (κ1) is 41.0. The summed E-state index contributed by atoms with van der Waals surface area (Å²) in [7, 11) is 0. The molecule has 50 heavy (non-hydrogen) atoms. The molecule has 18 heteroatoms. The Hall–Kier alpha value is -3.45. The number of nitrogens with one attached hydrogen (secondary N) is 7. The van der Waals surface area contributed by atoms with Crippen molar-refractivity contribution in [1.29, 1.82) is 0 Å².